The van der Waals surface area contributed by atoms with Crippen LogP contribution in [-0.4, -0.2) is 48.4 Å². The number of hydrogen-bond acceptors (Lipinski definition) is 3. The van der Waals surface area contributed by atoms with Crippen molar-refractivity contribution in [3.8, 4) is 0 Å². The first-order valence-electron chi connectivity index (χ1n) is 9.52. The summed E-state index contributed by atoms with van der Waals surface area (Å²) in [6.45, 7) is 4.44. The third kappa shape index (κ3) is 4.74. The van der Waals surface area contributed by atoms with Crippen molar-refractivity contribution in [1.82, 2.24) is 10.2 Å². The van der Waals surface area contributed by atoms with E-state index in [0.29, 0.717) is 18.9 Å². The van der Waals surface area contributed by atoms with Gasteiger partial charge in [-0.05, 0) is 31.9 Å². The van der Waals surface area contributed by atoms with Gasteiger partial charge in [-0.2, -0.15) is 0 Å². The summed E-state index contributed by atoms with van der Waals surface area (Å²) in [7, 11) is 0. The van der Waals surface area contributed by atoms with Gasteiger partial charge in [-0.25, -0.2) is 0 Å². The zero-order valence-corrected chi connectivity index (χ0v) is 15.1. The van der Waals surface area contributed by atoms with Crippen molar-refractivity contribution in [2.45, 2.75) is 57.5 Å². The van der Waals surface area contributed by atoms with Crippen LogP contribution in [0.25, 0.3) is 0 Å². The fraction of sp³-hybridized carbons (Fsp3) is 0.600. The molecule has 1 aromatic rings. The van der Waals surface area contributed by atoms with Crippen molar-refractivity contribution in [2.75, 3.05) is 24.5 Å². The highest BCUT2D eigenvalue weighted by atomic mass is 16.2. The molecule has 1 N–H and O–H groups in total. The molecule has 5 nitrogen and oxygen atoms in total. The molecule has 0 bridgehead atoms. The van der Waals surface area contributed by atoms with E-state index in [1.54, 1.807) is 0 Å². The Kier molecular flexibility index (Phi) is 5.95. The van der Waals surface area contributed by atoms with Crippen molar-refractivity contribution in [3.63, 3.8) is 0 Å². The molecular weight excluding hydrogens is 314 g/mol. The lowest BCUT2D eigenvalue weighted by molar-refractivity contribution is -0.134. The minimum absolute atomic E-state index is 0.0243. The first kappa shape index (κ1) is 17.8. The number of amides is 2. The van der Waals surface area contributed by atoms with E-state index in [9.17, 15) is 9.59 Å². The average Bonchev–Trinajstić information content (AvgIpc) is 3.13. The second-order valence-corrected chi connectivity index (χ2v) is 7.27. The summed E-state index contributed by atoms with van der Waals surface area (Å²) in [6, 6.07) is 10.9. The van der Waals surface area contributed by atoms with Gasteiger partial charge < -0.3 is 15.1 Å². The summed E-state index contributed by atoms with van der Waals surface area (Å²) in [4.78, 5) is 28.7. The summed E-state index contributed by atoms with van der Waals surface area (Å²) in [6.07, 6.45) is 5.19. The van der Waals surface area contributed by atoms with E-state index in [1.165, 1.54) is 18.5 Å². The van der Waals surface area contributed by atoms with Gasteiger partial charge in [-0.3, -0.25) is 9.59 Å². The molecule has 2 amide bonds. The van der Waals surface area contributed by atoms with Crippen molar-refractivity contribution >= 4 is 17.5 Å². The fourth-order valence-corrected chi connectivity index (χ4v) is 3.94. The van der Waals surface area contributed by atoms with Gasteiger partial charge in [0.25, 0.3) is 0 Å². The van der Waals surface area contributed by atoms with Gasteiger partial charge in [0.2, 0.25) is 11.8 Å². The number of benzene rings is 1. The fourth-order valence-electron chi connectivity index (χ4n) is 3.94. The number of hydrogen-bond donors (Lipinski definition) is 1. The molecule has 136 valence electrons. The quantitative estimate of drug-likeness (QED) is 0.894. The number of anilines is 1. The number of carbonyl (C=O) groups excluding carboxylic acids is 2. The van der Waals surface area contributed by atoms with Gasteiger partial charge in [0.1, 0.15) is 0 Å². The maximum atomic E-state index is 12.5. The molecule has 25 heavy (non-hydrogen) atoms. The van der Waals surface area contributed by atoms with Crippen molar-refractivity contribution < 1.29 is 9.59 Å². The molecule has 1 aliphatic heterocycles. The van der Waals surface area contributed by atoms with Crippen LogP contribution in [0.3, 0.4) is 0 Å². The van der Waals surface area contributed by atoms with Crippen LogP contribution < -0.4 is 10.2 Å². The molecule has 1 aromatic carbocycles. The Morgan fingerprint density at radius 3 is 2.48 bits per heavy atom. The van der Waals surface area contributed by atoms with Gasteiger partial charge >= 0.3 is 0 Å². The smallest absolute Gasteiger partial charge is 0.223 e. The zero-order chi connectivity index (χ0) is 17.6. The highest BCUT2D eigenvalue weighted by molar-refractivity contribution is 5.84. The van der Waals surface area contributed by atoms with Crippen LogP contribution in [0, 0.1) is 0 Å². The molecule has 1 saturated heterocycles. The van der Waals surface area contributed by atoms with Crippen LogP contribution >= 0.6 is 0 Å². The van der Waals surface area contributed by atoms with Crippen LogP contribution in [0.15, 0.2) is 30.3 Å². The number of rotatable bonds is 5. The highest BCUT2D eigenvalue weighted by Gasteiger charge is 2.27. The standard InChI is InChI=1S/C20H29N3O2/c1-16-15-22(13-14-23(16)18-9-3-2-4-10-18)20(25)12-11-19(24)21-17-7-5-6-8-17/h2-4,9-10,16-17H,5-8,11-15H2,1H3,(H,21,24). The van der Waals surface area contributed by atoms with Gasteiger partial charge in [-0.15, -0.1) is 0 Å². The van der Waals surface area contributed by atoms with E-state index in [0.717, 1.165) is 32.5 Å². The summed E-state index contributed by atoms with van der Waals surface area (Å²) < 4.78 is 0. The van der Waals surface area contributed by atoms with E-state index in [2.05, 4.69) is 29.3 Å². The molecule has 0 spiro atoms. The van der Waals surface area contributed by atoms with Crippen LogP contribution in [0.4, 0.5) is 5.69 Å². The first-order valence-corrected chi connectivity index (χ1v) is 9.52. The molecule has 1 atom stereocenters. The lowest BCUT2D eigenvalue weighted by Crippen LogP contribution is -2.53. The van der Waals surface area contributed by atoms with Crippen molar-refractivity contribution in [1.29, 1.82) is 0 Å². The van der Waals surface area contributed by atoms with E-state index in [1.807, 2.05) is 23.1 Å². The summed E-state index contributed by atoms with van der Waals surface area (Å²) in [5, 5.41) is 3.06. The largest absolute Gasteiger partial charge is 0.365 e. The van der Waals surface area contributed by atoms with Crippen LogP contribution in [0.1, 0.15) is 45.4 Å². The monoisotopic (exact) mass is 343 g/mol. The number of carbonyl (C=O) groups is 2. The molecule has 1 unspecified atom stereocenters. The molecule has 1 heterocycles. The molecule has 0 aromatic heterocycles. The predicted molar refractivity (Wildman–Crippen MR) is 99.5 cm³/mol. The van der Waals surface area contributed by atoms with Crippen LogP contribution in [0.2, 0.25) is 0 Å². The minimum atomic E-state index is 0.0243. The van der Waals surface area contributed by atoms with E-state index >= 15 is 0 Å². The van der Waals surface area contributed by atoms with Crippen molar-refractivity contribution in [2.24, 2.45) is 0 Å². The second kappa shape index (κ2) is 8.37. The Labute approximate surface area is 150 Å². The Balaban J connectivity index is 1.43. The molecular formula is C20H29N3O2. The minimum Gasteiger partial charge on any atom is -0.365 e. The first-order chi connectivity index (χ1) is 12.1. The Morgan fingerprint density at radius 1 is 1.08 bits per heavy atom. The Hall–Kier alpha value is -2.04. The van der Waals surface area contributed by atoms with Gasteiger partial charge in [0.05, 0.1) is 0 Å². The van der Waals surface area contributed by atoms with Crippen molar-refractivity contribution in [3.05, 3.63) is 30.3 Å². The van der Waals surface area contributed by atoms with E-state index in [4.69, 9.17) is 0 Å². The van der Waals surface area contributed by atoms with Gasteiger partial charge in [0.15, 0.2) is 0 Å². The summed E-state index contributed by atoms with van der Waals surface area (Å²) >= 11 is 0. The molecule has 2 aliphatic rings. The third-order valence-electron chi connectivity index (χ3n) is 5.35. The Bertz CT molecular complexity index is 584. The molecule has 0 radical (unpaired) electrons. The predicted octanol–water partition coefficient (Wildman–Crippen LogP) is 2.56. The normalized spacial score (nSPS) is 21.4. The summed E-state index contributed by atoms with van der Waals surface area (Å²) in [5.41, 5.74) is 1.21. The van der Waals surface area contributed by atoms with E-state index in [-0.39, 0.29) is 17.9 Å². The molecule has 2 fully saturated rings. The van der Waals surface area contributed by atoms with Crippen LogP contribution in [0.5, 0.6) is 0 Å². The third-order valence-corrected chi connectivity index (χ3v) is 5.35. The molecule has 5 heteroatoms. The molecule has 1 aliphatic carbocycles. The zero-order valence-electron chi connectivity index (χ0n) is 15.1. The number of para-hydroxylation sites is 1. The highest BCUT2D eigenvalue weighted by Crippen LogP contribution is 2.21. The maximum absolute atomic E-state index is 12.5. The number of nitrogens with zero attached hydrogens (tertiary/aromatic N) is 2. The number of nitrogens with one attached hydrogen (secondary N) is 1. The SMILES string of the molecule is CC1CN(C(=O)CCC(=O)NC2CCCC2)CCN1c1ccccc1. The molecule has 1 saturated carbocycles. The number of piperazine rings is 1. The second-order valence-electron chi connectivity index (χ2n) is 7.27. The topological polar surface area (TPSA) is 52.7 Å². The lowest BCUT2D eigenvalue weighted by atomic mass is 10.1. The Morgan fingerprint density at radius 2 is 1.80 bits per heavy atom. The van der Waals surface area contributed by atoms with Crippen LogP contribution in [-0.2, 0) is 9.59 Å². The summed E-state index contributed by atoms with van der Waals surface area (Å²) in [5.74, 6) is 0.123. The molecule has 3 rings (SSSR count). The lowest BCUT2D eigenvalue weighted by Gasteiger charge is -2.41. The van der Waals surface area contributed by atoms with Gasteiger partial charge in [-0.1, -0.05) is 31.0 Å². The van der Waals surface area contributed by atoms with Gasteiger partial charge in [0, 0.05) is 50.2 Å². The average molecular weight is 343 g/mol. The maximum Gasteiger partial charge on any atom is 0.223 e. The van der Waals surface area contributed by atoms with E-state index < -0.39 is 0 Å².